The van der Waals surface area contributed by atoms with Crippen LogP contribution < -0.4 is 0 Å². The molecule has 0 unspecified atom stereocenters. The van der Waals surface area contributed by atoms with E-state index in [4.69, 9.17) is 0 Å². The number of hydrogen-bond donors (Lipinski definition) is 0. The summed E-state index contributed by atoms with van der Waals surface area (Å²) in [6.45, 7) is 8.64. The van der Waals surface area contributed by atoms with Crippen molar-refractivity contribution in [2.75, 3.05) is 0 Å². The highest BCUT2D eigenvalue weighted by molar-refractivity contribution is 5.90. The van der Waals surface area contributed by atoms with Gasteiger partial charge in [-0.15, -0.1) is 0 Å². The van der Waals surface area contributed by atoms with E-state index in [1.165, 1.54) is 25.7 Å². The average molecular weight is 208 g/mol. The van der Waals surface area contributed by atoms with Crippen molar-refractivity contribution in [1.29, 1.82) is 0 Å². The third-order valence-corrected chi connectivity index (χ3v) is 3.40. The van der Waals surface area contributed by atoms with Gasteiger partial charge in [0.25, 0.3) is 0 Å². The molecule has 15 heavy (non-hydrogen) atoms. The Bertz CT molecular complexity index is 247. The second-order valence-electron chi connectivity index (χ2n) is 6.00. The van der Waals surface area contributed by atoms with Crippen LogP contribution in [0.5, 0.6) is 0 Å². The van der Waals surface area contributed by atoms with Gasteiger partial charge in [0.1, 0.15) is 0 Å². The van der Waals surface area contributed by atoms with Gasteiger partial charge >= 0.3 is 0 Å². The Balaban J connectivity index is 2.36. The van der Waals surface area contributed by atoms with E-state index in [0.717, 1.165) is 12.0 Å². The van der Waals surface area contributed by atoms with Gasteiger partial charge in [-0.25, -0.2) is 0 Å². The van der Waals surface area contributed by atoms with E-state index < -0.39 is 0 Å². The topological polar surface area (TPSA) is 17.1 Å². The van der Waals surface area contributed by atoms with Crippen molar-refractivity contribution in [1.82, 2.24) is 0 Å². The molecule has 1 fully saturated rings. The normalized spacial score (nSPS) is 21.1. The highest BCUT2D eigenvalue weighted by atomic mass is 16.1. The molecule has 0 N–H and O–H groups in total. The molecule has 0 aromatic heterocycles. The van der Waals surface area contributed by atoms with Crippen LogP contribution in [0.1, 0.15) is 59.8 Å². The van der Waals surface area contributed by atoms with Crippen LogP contribution in [0.25, 0.3) is 0 Å². The van der Waals surface area contributed by atoms with E-state index in [2.05, 4.69) is 13.8 Å². The lowest BCUT2D eigenvalue weighted by molar-refractivity contribution is -0.115. The first-order chi connectivity index (χ1) is 6.89. The lowest BCUT2D eigenvalue weighted by Crippen LogP contribution is -2.22. The molecular weight excluding hydrogens is 184 g/mol. The number of allylic oxidation sites excluding steroid dienone is 2. The third-order valence-electron chi connectivity index (χ3n) is 3.40. The Hall–Kier alpha value is -0.590. The maximum Gasteiger partial charge on any atom is 0.155 e. The summed E-state index contributed by atoms with van der Waals surface area (Å²) in [4.78, 5) is 11.6. The Kier molecular flexibility index (Phi) is 4.12. The van der Waals surface area contributed by atoms with Gasteiger partial charge in [0.05, 0.1) is 0 Å². The smallest absolute Gasteiger partial charge is 0.155 e. The average Bonchev–Trinajstić information content (AvgIpc) is 2.07. The van der Waals surface area contributed by atoms with Crippen LogP contribution in [0, 0.1) is 11.3 Å². The van der Waals surface area contributed by atoms with Crippen LogP contribution in [0.15, 0.2) is 11.6 Å². The second kappa shape index (κ2) is 4.96. The van der Waals surface area contributed by atoms with Crippen molar-refractivity contribution < 1.29 is 4.79 Å². The molecule has 1 saturated carbocycles. The van der Waals surface area contributed by atoms with Gasteiger partial charge in [0.2, 0.25) is 0 Å². The third kappa shape index (κ3) is 4.63. The maximum absolute atomic E-state index is 11.6. The number of carbonyl (C=O) groups is 1. The minimum absolute atomic E-state index is 0.319. The zero-order valence-electron chi connectivity index (χ0n) is 10.6. The summed E-state index contributed by atoms with van der Waals surface area (Å²) in [5, 5.41) is 0. The van der Waals surface area contributed by atoms with E-state index in [1.54, 1.807) is 6.08 Å². The maximum atomic E-state index is 11.6. The van der Waals surface area contributed by atoms with Crippen molar-refractivity contribution >= 4 is 5.78 Å². The fourth-order valence-corrected chi connectivity index (χ4v) is 2.33. The minimum atomic E-state index is 0.319. The number of ketones is 1. The highest BCUT2D eigenvalue weighted by Crippen LogP contribution is 2.39. The Labute approximate surface area is 93.9 Å². The molecule has 0 spiro atoms. The van der Waals surface area contributed by atoms with Crippen LogP contribution >= 0.6 is 0 Å². The lowest BCUT2D eigenvalue weighted by Gasteiger charge is -2.33. The molecule has 1 aliphatic rings. The summed E-state index contributed by atoms with van der Waals surface area (Å²) in [6.07, 6.45) is 7.57. The van der Waals surface area contributed by atoms with Crippen molar-refractivity contribution in [3.8, 4) is 0 Å². The van der Waals surface area contributed by atoms with E-state index in [1.807, 2.05) is 13.8 Å². The molecule has 0 radical (unpaired) electrons. The summed E-state index contributed by atoms with van der Waals surface area (Å²) in [6, 6.07) is 0. The molecule has 0 bridgehead atoms. The number of hydrogen-bond acceptors (Lipinski definition) is 1. The largest absolute Gasteiger partial charge is 0.295 e. The van der Waals surface area contributed by atoms with Gasteiger partial charge in [0, 0.05) is 6.42 Å². The molecule has 1 aliphatic carbocycles. The van der Waals surface area contributed by atoms with Gasteiger partial charge in [-0.05, 0) is 56.9 Å². The summed E-state index contributed by atoms with van der Waals surface area (Å²) in [7, 11) is 0. The van der Waals surface area contributed by atoms with Gasteiger partial charge in [-0.1, -0.05) is 19.4 Å². The lowest BCUT2D eigenvalue weighted by atomic mass is 9.72. The fourth-order valence-electron chi connectivity index (χ4n) is 2.33. The van der Waals surface area contributed by atoms with Crippen molar-refractivity contribution in [3.63, 3.8) is 0 Å². The molecule has 0 saturated heterocycles. The van der Waals surface area contributed by atoms with E-state index >= 15 is 0 Å². The predicted octanol–water partition coefficient (Wildman–Crippen LogP) is 4.13. The molecule has 0 amide bonds. The van der Waals surface area contributed by atoms with Crippen LogP contribution in [-0.4, -0.2) is 5.78 Å². The molecule has 86 valence electrons. The summed E-state index contributed by atoms with van der Waals surface area (Å²) < 4.78 is 0. The SMILES string of the molecule is CC(C)=CC(=O)CC1CCC(C)(C)CC1. The first-order valence-corrected chi connectivity index (χ1v) is 6.07. The van der Waals surface area contributed by atoms with Crippen LogP contribution in [0.3, 0.4) is 0 Å². The summed E-state index contributed by atoms with van der Waals surface area (Å²) >= 11 is 0. The molecule has 0 aliphatic heterocycles. The Morgan fingerprint density at radius 3 is 2.27 bits per heavy atom. The molecule has 1 rings (SSSR count). The molecule has 0 atom stereocenters. The zero-order valence-corrected chi connectivity index (χ0v) is 10.6. The summed E-state index contributed by atoms with van der Waals surface area (Å²) in [5.74, 6) is 0.959. The van der Waals surface area contributed by atoms with Gasteiger partial charge in [-0.2, -0.15) is 0 Å². The molecular formula is C14H24O. The van der Waals surface area contributed by atoms with Crippen molar-refractivity contribution in [2.45, 2.75) is 59.8 Å². The van der Waals surface area contributed by atoms with Crippen LogP contribution in [0.4, 0.5) is 0 Å². The Morgan fingerprint density at radius 2 is 1.80 bits per heavy atom. The Morgan fingerprint density at radius 1 is 1.27 bits per heavy atom. The quantitative estimate of drug-likeness (QED) is 0.637. The fraction of sp³-hybridized carbons (Fsp3) is 0.786. The highest BCUT2D eigenvalue weighted by Gasteiger charge is 2.27. The molecule has 0 aromatic carbocycles. The second-order valence-corrected chi connectivity index (χ2v) is 6.00. The number of rotatable bonds is 3. The van der Waals surface area contributed by atoms with E-state index in [9.17, 15) is 4.79 Å². The van der Waals surface area contributed by atoms with E-state index in [-0.39, 0.29) is 0 Å². The van der Waals surface area contributed by atoms with Gasteiger partial charge in [-0.3, -0.25) is 4.79 Å². The summed E-state index contributed by atoms with van der Waals surface area (Å²) in [5.41, 5.74) is 1.63. The number of carbonyl (C=O) groups excluding carboxylic acids is 1. The van der Waals surface area contributed by atoms with Crippen LogP contribution in [0.2, 0.25) is 0 Å². The van der Waals surface area contributed by atoms with Crippen molar-refractivity contribution in [2.24, 2.45) is 11.3 Å². The van der Waals surface area contributed by atoms with Crippen LogP contribution in [-0.2, 0) is 4.79 Å². The first kappa shape index (κ1) is 12.5. The molecule has 0 aromatic rings. The minimum Gasteiger partial charge on any atom is -0.295 e. The van der Waals surface area contributed by atoms with Gasteiger partial charge in [0.15, 0.2) is 5.78 Å². The predicted molar refractivity (Wildman–Crippen MR) is 64.8 cm³/mol. The van der Waals surface area contributed by atoms with Crippen molar-refractivity contribution in [3.05, 3.63) is 11.6 Å². The monoisotopic (exact) mass is 208 g/mol. The standard InChI is InChI=1S/C14H24O/c1-11(2)9-13(15)10-12-5-7-14(3,4)8-6-12/h9,12H,5-8,10H2,1-4H3. The first-order valence-electron chi connectivity index (χ1n) is 6.07. The van der Waals surface area contributed by atoms with E-state index in [0.29, 0.717) is 17.1 Å². The molecule has 1 heteroatoms. The zero-order chi connectivity index (χ0) is 11.5. The van der Waals surface area contributed by atoms with Gasteiger partial charge < -0.3 is 0 Å². The molecule has 0 heterocycles. The molecule has 1 nitrogen and oxygen atoms in total.